The summed E-state index contributed by atoms with van der Waals surface area (Å²) in [6, 6.07) is 0. The van der Waals surface area contributed by atoms with Crippen LogP contribution in [-0.2, 0) is 0 Å². The summed E-state index contributed by atoms with van der Waals surface area (Å²) in [4.78, 5) is 0. The molecule has 0 aromatic carbocycles. The maximum Gasteiger partial charge on any atom is 0.497 e. The zero-order chi connectivity index (χ0) is 10.1. The number of nitrogens with one attached hydrogen (secondary N) is 1. The second-order valence-corrected chi connectivity index (χ2v) is 2.24. The summed E-state index contributed by atoms with van der Waals surface area (Å²) in [6.07, 6.45) is -4.57. The van der Waals surface area contributed by atoms with E-state index < -0.39 is 6.30 Å². The van der Waals surface area contributed by atoms with E-state index in [1.807, 2.05) is 0 Å². The van der Waals surface area contributed by atoms with E-state index in [0.29, 0.717) is 0 Å². The summed E-state index contributed by atoms with van der Waals surface area (Å²) in [5, 5.41) is 9.80. The maximum atomic E-state index is 11.6. The average molecular weight is 193 g/mol. The number of nitrogens with two attached hydrogens (primary N) is 1. The lowest BCUT2D eigenvalue weighted by molar-refractivity contribution is -0.156. The van der Waals surface area contributed by atoms with E-state index in [-0.39, 0.29) is 17.3 Å². The van der Waals surface area contributed by atoms with Gasteiger partial charge in [-0.1, -0.05) is 0 Å². The Hall–Kier alpha value is -1.60. The minimum Gasteiger partial charge on any atom is -0.380 e. The number of rotatable bonds is 1. The number of halogens is 3. The van der Waals surface area contributed by atoms with Gasteiger partial charge >= 0.3 is 6.30 Å². The molecule has 8 heteroatoms. The Morgan fingerprint density at radius 1 is 1.38 bits per heavy atom. The van der Waals surface area contributed by atoms with Gasteiger partial charge < -0.3 is 5.73 Å². The molecule has 1 aliphatic heterocycles. The Morgan fingerprint density at radius 3 is 2.38 bits per heavy atom. The third-order valence-electron chi connectivity index (χ3n) is 1.19. The molecule has 1 rings (SSSR count). The minimum absolute atomic E-state index is 0.0858. The van der Waals surface area contributed by atoms with Gasteiger partial charge in [-0.2, -0.15) is 10.2 Å². The van der Waals surface area contributed by atoms with Crippen LogP contribution in [0.25, 0.3) is 0 Å². The molecule has 0 saturated carbocycles. The van der Waals surface area contributed by atoms with Gasteiger partial charge in [0.2, 0.25) is 0 Å². The molecule has 13 heavy (non-hydrogen) atoms. The molecule has 0 radical (unpaired) electrons. The molecule has 0 spiro atoms. The molecular weight excluding hydrogens is 187 g/mol. The second kappa shape index (κ2) is 3.04. The molecule has 0 atom stereocenters. The fourth-order valence-electron chi connectivity index (χ4n) is 0.666. The first-order valence-electron chi connectivity index (χ1n) is 3.20. The number of hydrazone groups is 1. The van der Waals surface area contributed by atoms with Crippen molar-refractivity contribution in [3.8, 4) is 0 Å². The molecule has 72 valence electrons. The molecule has 3 N–H and O–H groups in total. The van der Waals surface area contributed by atoms with Crippen molar-refractivity contribution in [2.24, 2.45) is 21.0 Å². The monoisotopic (exact) mass is 193 g/mol. The predicted octanol–water partition coefficient (Wildman–Crippen LogP) is 0.199. The van der Waals surface area contributed by atoms with Crippen molar-refractivity contribution < 1.29 is 13.2 Å². The van der Waals surface area contributed by atoms with Crippen LogP contribution in [0.5, 0.6) is 0 Å². The van der Waals surface area contributed by atoms with E-state index in [2.05, 4.69) is 15.3 Å². The van der Waals surface area contributed by atoms with E-state index in [1.165, 1.54) is 6.92 Å². The summed E-state index contributed by atoms with van der Waals surface area (Å²) >= 11 is 0. The van der Waals surface area contributed by atoms with E-state index >= 15 is 0 Å². The summed E-state index contributed by atoms with van der Waals surface area (Å²) in [5.41, 5.74) is 6.33. The van der Waals surface area contributed by atoms with Crippen molar-refractivity contribution in [2.75, 3.05) is 0 Å². The fourth-order valence-corrected chi connectivity index (χ4v) is 0.666. The Morgan fingerprint density at radius 2 is 2.00 bits per heavy atom. The van der Waals surface area contributed by atoms with Crippen LogP contribution in [0.15, 0.2) is 15.3 Å². The highest BCUT2D eigenvalue weighted by atomic mass is 19.4. The topological polar surface area (TPSA) is 75.1 Å². The summed E-state index contributed by atoms with van der Waals surface area (Å²) < 4.78 is 34.9. The van der Waals surface area contributed by atoms with Crippen LogP contribution in [0, 0.1) is 0 Å². The van der Waals surface area contributed by atoms with Crippen LogP contribution in [0.3, 0.4) is 0 Å². The van der Waals surface area contributed by atoms with Gasteiger partial charge in [0.25, 0.3) is 0 Å². The number of hydrogen-bond donors (Lipinski definition) is 2. The zero-order valence-corrected chi connectivity index (χ0v) is 6.55. The SMILES string of the molecule is CC1=NN=C(N)C1=NNC(F)(F)F. The van der Waals surface area contributed by atoms with Gasteiger partial charge in [0, 0.05) is 0 Å². The van der Waals surface area contributed by atoms with Gasteiger partial charge in [0.1, 0.15) is 0 Å². The Kier molecular flexibility index (Phi) is 2.22. The first-order valence-corrected chi connectivity index (χ1v) is 3.20. The molecule has 0 amide bonds. The molecule has 0 aliphatic carbocycles. The molecule has 0 bridgehead atoms. The standard InChI is InChI=1S/C5H6F3N5/c1-2-3(4(9)12-10-2)11-13-5(6,7)8/h13H,1H3,(H2,9,11,12). The van der Waals surface area contributed by atoms with Crippen molar-refractivity contribution in [3.63, 3.8) is 0 Å². The third-order valence-corrected chi connectivity index (χ3v) is 1.19. The number of amidine groups is 1. The Balaban J connectivity index is 2.73. The van der Waals surface area contributed by atoms with Crippen LogP contribution in [0.1, 0.15) is 6.92 Å². The molecule has 5 nitrogen and oxygen atoms in total. The highest BCUT2D eigenvalue weighted by Crippen LogP contribution is 2.09. The lowest BCUT2D eigenvalue weighted by Crippen LogP contribution is -2.33. The highest BCUT2D eigenvalue weighted by Gasteiger charge is 2.27. The average Bonchev–Trinajstić information content (AvgIpc) is 2.27. The molecule has 0 aromatic rings. The number of hydrogen-bond acceptors (Lipinski definition) is 5. The van der Waals surface area contributed by atoms with Crippen LogP contribution in [-0.4, -0.2) is 23.6 Å². The quantitative estimate of drug-likeness (QED) is 0.461. The summed E-state index contributed by atoms with van der Waals surface area (Å²) in [5.74, 6) is -0.130. The number of nitrogens with zero attached hydrogens (tertiary/aromatic N) is 3. The maximum absolute atomic E-state index is 11.6. The highest BCUT2D eigenvalue weighted by molar-refractivity contribution is 6.68. The Labute approximate surface area is 71.2 Å². The van der Waals surface area contributed by atoms with Crippen molar-refractivity contribution in [3.05, 3.63) is 0 Å². The van der Waals surface area contributed by atoms with Crippen molar-refractivity contribution in [2.45, 2.75) is 13.2 Å². The van der Waals surface area contributed by atoms with Gasteiger partial charge in [0.05, 0.1) is 5.71 Å². The van der Waals surface area contributed by atoms with Gasteiger partial charge in [0.15, 0.2) is 11.5 Å². The summed E-state index contributed by atoms with van der Waals surface area (Å²) in [6.45, 7) is 1.46. The van der Waals surface area contributed by atoms with Gasteiger partial charge in [-0.25, -0.2) is 5.43 Å². The molecule has 0 unspecified atom stereocenters. The second-order valence-electron chi connectivity index (χ2n) is 2.24. The lowest BCUT2D eigenvalue weighted by atomic mass is 10.2. The van der Waals surface area contributed by atoms with E-state index in [0.717, 1.165) is 5.43 Å². The molecular formula is C5H6F3N5. The van der Waals surface area contributed by atoms with Crippen LogP contribution >= 0.6 is 0 Å². The first-order chi connectivity index (χ1) is 5.90. The van der Waals surface area contributed by atoms with Crippen LogP contribution in [0.2, 0.25) is 0 Å². The fraction of sp³-hybridized carbons (Fsp3) is 0.400. The Bertz CT molecular complexity index is 280. The predicted molar refractivity (Wildman–Crippen MR) is 41.4 cm³/mol. The van der Waals surface area contributed by atoms with Crippen molar-refractivity contribution >= 4 is 17.3 Å². The van der Waals surface area contributed by atoms with Gasteiger partial charge in [-0.05, 0) is 6.92 Å². The van der Waals surface area contributed by atoms with E-state index in [9.17, 15) is 13.2 Å². The van der Waals surface area contributed by atoms with Crippen LogP contribution < -0.4 is 11.2 Å². The van der Waals surface area contributed by atoms with E-state index in [1.54, 1.807) is 0 Å². The molecule has 0 saturated heterocycles. The molecule has 1 heterocycles. The zero-order valence-electron chi connectivity index (χ0n) is 6.55. The van der Waals surface area contributed by atoms with Crippen molar-refractivity contribution in [1.82, 2.24) is 5.43 Å². The largest absolute Gasteiger partial charge is 0.497 e. The van der Waals surface area contributed by atoms with Gasteiger partial charge in [-0.3, -0.25) is 0 Å². The third kappa shape index (κ3) is 2.42. The lowest BCUT2D eigenvalue weighted by Gasteiger charge is -2.04. The minimum atomic E-state index is -4.57. The van der Waals surface area contributed by atoms with Crippen molar-refractivity contribution in [1.29, 1.82) is 0 Å². The summed E-state index contributed by atoms with van der Waals surface area (Å²) in [7, 11) is 0. The smallest absolute Gasteiger partial charge is 0.380 e. The van der Waals surface area contributed by atoms with Gasteiger partial charge in [-0.15, -0.1) is 18.3 Å². The van der Waals surface area contributed by atoms with Crippen LogP contribution in [0.4, 0.5) is 13.2 Å². The van der Waals surface area contributed by atoms with E-state index in [4.69, 9.17) is 5.73 Å². The molecule has 1 aliphatic rings. The normalized spacial score (nSPS) is 20.2. The molecule has 0 fully saturated rings. The molecule has 0 aromatic heterocycles. The number of alkyl halides is 3. The first kappa shape index (κ1) is 9.49.